The van der Waals surface area contributed by atoms with Gasteiger partial charge in [-0.25, -0.2) is 9.78 Å². The number of hydrogen-bond acceptors (Lipinski definition) is 5. The summed E-state index contributed by atoms with van der Waals surface area (Å²) in [4.78, 5) is 28.1. The summed E-state index contributed by atoms with van der Waals surface area (Å²) in [6, 6.07) is 4.61. The van der Waals surface area contributed by atoms with Gasteiger partial charge in [0.05, 0.1) is 17.9 Å². The van der Waals surface area contributed by atoms with Gasteiger partial charge in [0, 0.05) is 12.8 Å². The fourth-order valence-electron chi connectivity index (χ4n) is 1.92. The Morgan fingerprint density at radius 1 is 1.36 bits per heavy atom. The molecule has 0 aliphatic carbocycles. The quantitative estimate of drug-likeness (QED) is 0.884. The molecule has 2 N–H and O–H groups in total. The second-order valence-corrected chi connectivity index (χ2v) is 5.83. The van der Waals surface area contributed by atoms with E-state index in [1.54, 1.807) is 27.0 Å². The van der Waals surface area contributed by atoms with E-state index in [0.717, 1.165) is 10.6 Å². The minimum Gasteiger partial charge on any atom is -0.478 e. The maximum atomic E-state index is 12.4. The molecular formula is C15H16N2O4S. The molecule has 0 spiro atoms. The maximum absolute atomic E-state index is 12.4. The van der Waals surface area contributed by atoms with E-state index in [-0.39, 0.29) is 11.5 Å². The lowest BCUT2D eigenvalue weighted by Gasteiger charge is -2.08. The van der Waals surface area contributed by atoms with Crippen molar-refractivity contribution in [3.05, 3.63) is 44.9 Å². The second kappa shape index (κ2) is 6.67. The van der Waals surface area contributed by atoms with Crippen molar-refractivity contribution in [3.63, 3.8) is 0 Å². The van der Waals surface area contributed by atoms with Gasteiger partial charge in [-0.3, -0.25) is 4.79 Å². The van der Waals surface area contributed by atoms with Gasteiger partial charge in [0.15, 0.2) is 0 Å². The zero-order valence-corrected chi connectivity index (χ0v) is 13.3. The summed E-state index contributed by atoms with van der Waals surface area (Å²) in [5.41, 5.74) is 2.02. The van der Waals surface area contributed by atoms with Crippen LogP contribution in [0.4, 0.5) is 5.69 Å². The zero-order valence-electron chi connectivity index (χ0n) is 12.5. The molecule has 6 nitrogen and oxygen atoms in total. The molecule has 22 heavy (non-hydrogen) atoms. The van der Waals surface area contributed by atoms with Gasteiger partial charge < -0.3 is 15.2 Å². The molecule has 0 bridgehead atoms. The van der Waals surface area contributed by atoms with Crippen LogP contribution in [-0.4, -0.2) is 29.1 Å². The predicted octanol–water partition coefficient (Wildman–Crippen LogP) is 2.86. The minimum absolute atomic E-state index is 0.127. The Labute approximate surface area is 131 Å². The standard InChI is InChI=1S/C15H16N2O4S/c1-8-4-5-10(15(19)20)6-11(8)17-14(18)13-9(2)16-12(22-13)7-21-3/h4-6H,7H2,1-3H3,(H,17,18)(H,19,20). The van der Waals surface area contributed by atoms with E-state index in [2.05, 4.69) is 10.3 Å². The van der Waals surface area contributed by atoms with E-state index in [4.69, 9.17) is 9.84 Å². The Bertz CT molecular complexity index is 724. The summed E-state index contributed by atoms with van der Waals surface area (Å²) in [5, 5.41) is 12.5. The zero-order chi connectivity index (χ0) is 16.3. The largest absolute Gasteiger partial charge is 0.478 e. The number of aryl methyl sites for hydroxylation is 2. The number of rotatable bonds is 5. The number of nitrogens with one attached hydrogen (secondary N) is 1. The molecule has 1 aromatic heterocycles. The van der Waals surface area contributed by atoms with Crippen molar-refractivity contribution >= 4 is 28.9 Å². The Morgan fingerprint density at radius 2 is 2.09 bits per heavy atom. The first-order valence-corrected chi connectivity index (χ1v) is 7.34. The highest BCUT2D eigenvalue weighted by molar-refractivity contribution is 7.13. The van der Waals surface area contributed by atoms with Gasteiger partial charge in [0.1, 0.15) is 9.88 Å². The highest BCUT2D eigenvalue weighted by Crippen LogP contribution is 2.22. The van der Waals surface area contributed by atoms with Crippen LogP contribution in [-0.2, 0) is 11.3 Å². The summed E-state index contributed by atoms with van der Waals surface area (Å²) >= 11 is 1.26. The molecule has 0 fully saturated rings. The molecule has 0 saturated carbocycles. The molecule has 1 aromatic carbocycles. The number of thiazole rings is 1. The topological polar surface area (TPSA) is 88.5 Å². The van der Waals surface area contributed by atoms with Gasteiger partial charge in [-0.1, -0.05) is 6.07 Å². The number of amides is 1. The molecule has 0 atom stereocenters. The van der Waals surface area contributed by atoms with Crippen LogP contribution >= 0.6 is 11.3 Å². The molecule has 7 heteroatoms. The average Bonchev–Trinajstić information content (AvgIpc) is 2.82. The molecule has 0 aliphatic rings. The van der Waals surface area contributed by atoms with E-state index in [0.29, 0.717) is 22.9 Å². The average molecular weight is 320 g/mol. The van der Waals surface area contributed by atoms with Crippen molar-refractivity contribution in [2.75, 3.05) is 12.4 Å². The van der Waals surface area contributed by atoms with Gasteiger partial charge in [-0.05, 0) is 31.5 Å². The van der Waals surface area contributed by atoms with Gasteiger partial charge in [-0.15, -0.1) is 11.3 Å². The Hall–Kier alpha value is -2.25. The monoisotopic (exact) mass is 320 g/mol. The third-order valence-electron chi connectivity index (χ3n) is 3.05. The van der Waals surface area contributed by atoms with Crippen LogP contribution in [0, 0.1) is 13.8 Å². The Balaban J connectivity index is 2.25. The molecule has 0 saturated heterocycles. The first-order valence-electron chi connectivity index (χ1n) is 6.53. The van der Waals surface area contributed by atoms with Crippen LogP contribution in [0.1, 0.15) is 36.3 Å². The third kappa shape index (κ3) is 3.49. The SMILES string of the molecule is COCc1nc(C)c(C(=O)Nc2cc(C(=O)O)ccc2C)s1. The smallest absolute Gasteiger partial charge is 0.335 e. The van der Waals surface area contributed by atoms with Crippen molar-refractivity contribution in [3.8, 4) is 0 Å². The molecule has 2 rings (SSSR count). The number of aromatic carboxylic acids is 1. The number of carbonyl (C=O) groups excluding carboxylic acids is 1. The van der Waals surface area contributed by atoms with Crippen molar-refractivity contribution in [2.24, 2.45) is 0 Å². The molecule has 1 heterocycles. The summed E-state index contributed by atoms with van der Waals surface area (Å²) in [6.07, 6.45) is 0. The number of benzene rings is 1. The number of carboxylic acid groups (broad SMARTS) is 1. The Kier molecular flexibility index (Phi) is 4.89. The lowest BCUT2D eigenvalue weighted by atomic mass is 10.1. The number of methoxy groups -OCH3 is 1. The van der Waals surface area contributed by atoms with Gasteiger partial charge >= 0.3 is 5.97 Å². The summed E-state index contributed by atoms with van der Waals surface area (Å²) in [7, 11) is 1.57. The maximum Gasteiger partial charge on any atom is 0.335 e. The van der Waals surface area contributed by atoms with Crippen LogP contribution in [0.25, 0.3) is 0 Å². The van der Waals surface area contributed by atoms with Crippen molar-refractivity contribution < 1.29 is 19.4 Å². The lowest BCUT2D eigenvalue weighted by Crippen LogP contribution is -2.13. The fourth-order valence-corrected chi connectivity index (χ4v) is 2.85. The molecule has 1 amide bonds. The minimum atomic E-state index is -1.04. The number of nitrogens with zero attached hydrogens (tertiary/aromatic N) is 1. The molecular weight excluding hydrogens is 304 g/mol. The van der Waals surface area contributed by atoms with E-state index < -0.39 is 5.97 Å². The number of aromatic nitrogens is 1. The van der Waals surface area contributed by atoms with Crippen LogP contribution in [0.5, 0.6) is 0 Å². The van der Waals surface area contributed by atoms with Crippen LogP contribution in [0.15, 0.2) is 18.2 Å². The highest BCUT2D eigenvalue weighted by atomic mass is 32.1. The third-order valence-corrected chi connectivity index (χ3v) is 4.18. The van der Waals surface area contributed by atoms with Crippen molar-refractivity contribution in [2.45, 2.75) is 20.5 Å². The van der Waals surface area contributed by atoms with E-state index in [9.17, 15) is 9.59 Å². The van der Waals surface area contributed by atoms with Gasteiger partial charge in [-0.2, -0.15) is 0 Å². The highest BCUT2D eigenvalue weighted by Gasteiger charge is 2.17. The second-order valence-electron chi connectivity index (χ2n) is 4.74. The normalized spacial score (nSPS) is 10.5. The molecule has 0 unspecified atom stereocenters. The summed E-state index contributed by atoms with van der Waals surface area (Å²) in [5.74, 6) is -1.34. The first-order chi connectivity index (χ1) is 10.4. The fraction of sp³-hybridized carbons (Fsp3) is 0.267. The number of carbonyl (C=O) groups is 2. The lowest BCUT2D eigenvalue weighted by molar-refractivity contribution is 0.0696. The number of anilines is 1. The van der Waals surface area contributed by atoms with E-state index in [1.807, 2.05) is 0 Å². The van der Waals surface area contributed by atoms with Crippen molar-refractivity contribution in [1.82, 2.24) is 4.98 Å². The van der Waals surface area contributed by atoms with E-state index in [1.165, 1.54) is 23.5 Å². The predicted molar refractivity (Wildman–Crippen MR) is 83.7 cm³/mol. The van der Waals surface area contributed by atoms with Crippen LogP contribution < -0.4 is 5.32 Å². The number of hydrogen-bond donors (Lipinski definition) is 2. The van der Waals surface area contributed by atoms with Crippen molar-refractivity contribution in [1.29, 1.82) is 0 Å². The molecule has 116 valence electrons. The number of ether oxygens (including phenoxy) is 1. The molecule has 2 aromatic rings. The molecule has 0 radical (unpaired) electrons. The van der Waals surface area contributed by atoms with Gasteiger partial charge in [0.25, 0.3) is 5.91 Å². The van der Waals surface area contributed by atoms with Crippen LogP contribution in [0.3, 0.4) is 0 Å². The molecule has 0 aliphatic heterocycles. The summed E-state index contributed by atoms with van der Waals surface area (Å²) in [6.45, 7) is 3.91. The number of carboxylic acids is 1. The van der Waals surface area contributed by atoms with Crippen LogP contribution in [0.2, 0.25) is 0 Å². The first kappa shape index (κ1) is 16.1. The summed E-state index contributed by atoms with van der Waals surface area (Å²) < 4.78 is 5.01. The van der Waals surface area contributed by atoms with E-state index >= 15 is 0 Å². The van der Waals surface area contributed by atoms with Gasteiger partial charge in [0.2, 0.25) is 0 Å². The Morgan fingerprint density at radius 3 is 2.73 bits per heavy atom.